The van der Waals surface area contributed by atoms with Gasteiger partial charge in [-0.3, -0.25) is 4.21 Å². The third kappa shape index (κ3) is 4.06. The molecule has 48 valence electrons. The second-order valence-corrected chi connectivity index (χ2v) is 3.05. The highest BCUT2D eigenvalue weighted by Crippen LogP contribution is 1.97. The third-order valence-electron chi connectivity index (χ3n) is 0.925. The predicted molar refractivity (Wildman–Crippen MR) is 38.1 cm³/mol. The molecule has 0 N–H and O–H groups in total. The van der Waals surface area contributed by atoms with Crippen molar-refractivity contribution in [2.75, 3.05) is 6.26 Å². The summed E-state index contributed by atoms with van der Waals surface area (Å²) in [6.07, 6.45) is 2.68. The standard InChI is InChI=1S/C6H12OS/c1-4-6(2)5-8(3)7/h5H,4H2,1-3H3/b6-5+. The van der Waals surface area contributed by atoms with Crippen molar-refractivity contribution >= 4 is 10.8 Å². The lowest BCUT2D eigenvalue weighted by atomic mass is 10.3. The Labute approximate surface area is 53.2 Å². The second-order valence-electron chi connectivity index (χ2n) is 1.82. The molecular formula is C6H12OS. The molecule has 2 heteroatoms. The summed E-state index contributed by atoms with van der Waals surface area (Å²) < 4.78 is 10.4. The Bertz CT molecular complexity index is 116. The summed E-state index contributed by atoms with van der Waals surface area (Å²) in [6.45, 7) is 4.04. The van der Waals surface area contributed by atoms with Crippen LogP contribution in [-0.2, 0) is 10.8 Å². The van der Waals surface area contributed by atoms with E-state index in [4.69, 9.17) is 0 Å². The van der Waals surface area contributed by atoms with Gasteiger partial charge < -0.3 is 0 Å². The topological polar surface area (TPSA) is 17.1 Å². The Hall–Kier alpha value is -0.110. The number of allylic oxidation sites excluding steroid dienone is 1. The molecule has 1 atom stereocenters. The van der Waals surface area contributed by atoms with Crippen LogP contribution in [0.3, 0.4) is 0 Å². The van der Waals surface area contributed by atoms with E-state index in [1.54, 1.807) is 11.7 Å². The van der Waals surface area contributed by atoms with Crippen LogP contribution in [0.4, 0.5) is 0 Å². The predicted octanol–water partition coefficient (Wildman–Crippen LogP) is 1.68. The van der Waals surface area contributed by atoms with Gasteiger partial charge in [0.05, 0.1) is 0 Å². The summed E-state index contributed by atoms with van der Waals surface area (Å²) in [6, 6.07) is 0. The Balaban J connectivity index is 3.75. The van der Waals surface area contributed by atoms with E-state index >= 15 is 0 Å². The average Bonchev–Trinajstić information content (AvgIpc) is 1.65. The molecule has 0 aromatic carbocycles. The number of hydrogen-bond donors (Lipinski definition) is 0. The van der Waals surface area contributed by atoms with Gasteiger partial charge in [0.15, 0.2) is 0 Å². The van der Waals surface area contributed by atoms with Crippen LogP contribution in [-0.4, -0.2) is 10.5 Å². The highest BCUT2D eigenvalue weighted by atomic mass is 32.2. The molecule has 0 bridgehead atoms. The highest BCUT2D eigenvalue weighted by molar-refractivity contribution is 7.87. The summed E-state index contributed by atoms with van der Waals surface area (Å²) in [5, 5.41) is 1.78. The zero-order valence-corrected chi connectivity index (χ0v) is 6.42. The van der Waals surface area contributed by atoms with Gasteiger partial charge >= 0.3 is 0 Å². The lowest BCUT2D eigenvalue weighted by molar-refractivity contribution is 0.691. The second kappa shape index (κ2) is 3.84. The van der Waals surface area contributed by atoms with Gasteiger partial charge in [-0.2, -0.15) is 0 Å². The normalized spacial score (nSPS) is 16.1. The molecule has 0 aliphatic heterocycles. The molecule has 8 heavy (non-hydrogen) atoms. The van der Waals surface area contributed by atoms with Crippen molar-refractivity contribution in [2.24, 2.45) is 0 Å². The molecule has 1 nitrogen and oxygen atoms in total. The number of hydrogen-bond acceptors (Lipinski definition) is 1. The van der Waals surface area contributed by atoms with E-state index < -0.39 is 10.8 Å². The van der Waals surface area contributed by atoms with Crippen molar-refractivity contribution in [2.45, 2.75) is 20.3 Å². The molecule has 0 radical (unpaired) electrons. The van der Waals surface area contributed by atoms with Gasteiger partial charge in [-0.15, -0.1) is 0 Å². The zero-order chi connectivity index (χ0) is 6.57. The fourth-order valence-electron chi connectivity index (χ4n) is 0.367. The van der Waals surface area contributed by atoms with Gasteiger partial charge in [0.2, 0.25) is 0 Å². The van der Waals surface area contributed by atoms with E-state index in [2.05, 4.69) is 6.92 Å². The van der Waals surface area contributed by atoms with Crippen LogP contribution in [0, 0.1) is 0 Å². The number of rotatable bonds is 2. The van der Waals surface area contributed by atoms with E-state index in [0.717, 1.165) is 6.42 Å². The molecule has 0 fully saturated rings. The van der Waals surface area contributed by atoms with Gasteiger partial charge in [-0.25, -0.2) is 0 Å². The SMILES string of the molecule is CC/C(C)=C/S(C)=O. The maximum Gasteiger partial charge on any atom is 0.0423 e. The molecular weight excluding hydrogens is 120 g/mol. The smallest absolute Gasteiger partial charge is 0.0423 e. The third-order valence-corrected chi connectivity index (χ3v) is 1.66. The first-order chi connectivity index (χ1) is 3.66. The van der Waals surface area contributed by atoms with Crippen LogP contribution < -0.4 is 0 Å². The van der Waals surface area contributed by atoms with Crippen molar-refractivity contribution in [1.82, 2.24) is 0 Å². The van der Waals surface area contributed by atoms with Crippen LogP contribution in [0.5, 0.6) is 0 Å². The van der Waals surface area contributed by atoms with Crippen molar-refractivity contribution in [3.05, 3.63) is 11.0 Å². The van der Waals surface area contributed by atoms with Gasteiger partial charge in [-0.1, -0.05) is 12.5 Å². The summed E-state index contributed by atoms with van der Waals surface area (Å²) in [5.74, 6) is 0. The first-order valence-corrected chi connectivity index (χ1v) is 4.28. The minimum atomic E-state index is -0.758. The summed E-state index contributed by atoms with van der Waals surface area (Å²) in [7, 11) is -0.758. The fraction of sp³-hybridized carbons (Fsp3) is 0.667. The first kappa shape index (κ1) is 7.89. The van der Waals surface area contributed by atoms with E-state index in [0.29, 0.717) is 0 Å². The molecule has 0 saturated carbocycles. The summed E-state index contributed by atoms with van der Waals surface area (Å²) in [5.41, 5.74) is 1.20. The van der Waals surface area contributed by atoms with E-state index in [9.17, 15) is 4.21 Å². The maximum absolute atomic E-state index is 10.4. The molecule has 0 aromatic heterocycles. The molecule has 0 heterocycles. The molecule has 0 spiro atoms. The lowest BCUT2D eigenvalue weighted by Crippen LogP contribution is -1.78. The minimum absolute atomic E-state index is 0.758. The van der Waals surface area contributed by atoms with Gasteiger partial charge in [0.1, 0.15) is 0 Å². The molecule has 0 aliphatic rings. The van der Waals surface area contributed by atoms with Crippen LogP contribution in [0.2, 0.25) is 0 Å². The maximum atomic E-state index is 10.4. The quantitative estimate of drug-likeness (QED) is 0.558. The Morgan fingerprint density at radius 1 is 1.75 bits per heavy atom. The van der Waals surface area contributed by atoms with Crippen molar-refractivity contribution < 1.29 is 4.21 Å². The highest BCUT2D eigenvalue weighted by Gasteiger charge is 1.83. The van der Waals surface area contributed by atoms with E-state index in [-0.39, 0.29) is 0 Å². The molecule has 0 amide bonds. The van der Waals surface area contributed by atoms with Gasteiger partial charge in [0, 0.05) is 22.5 Å². The summed E-state index contributed by atoms with van der Waals surface area (Å²) >= 11 is 0. The molecule has 0 aliphatic carbocycles. The monoisotopic (exact) mass is 132 g/mol. The largest absolute Gasteiger partial charge is 0.255 e. The van der Waals surface area contributed by atoms with Crippen LogP contribution in [0.25, 0.3) is 0 Å². The Morgan fingerprint density at radius 3 is 2.38 bits per heavy atom. The lowest BCUT2D eigenvalue weighted by Gasteiger charge is -1.89. The first-order valence-electron chi connectivity index (χ1n) is 2.66. The van der Waals surface area contributed by atoms with Crippen LogP contribution in [0.1, 0.15) is 20.3 Å². The fourth-order valence-corrected chi connectivity index (χ4v) is 1.10. The van der Waals surface area contributed by atoms with Crippen LogP contribution >= 0.6 is 0 Å². The molecule has 0 saturated heterocycles. The zero-order valence-electron chi connectivity index (χ0n) is 5.60. The van der Waals surface area contributed by atoms with E-state index in [1.807, 2.05) is 6.92 Å². The minimum Gasteiger partial charge on any atom is -0.255 e. The van der Waals surface area contributed by atoms with Gasteiger partial charge in [-0.05, 0) is 13.3 Å². The Kier molecular flexibility index (Phi) is 3.79. The Morgan fingerprint density at radius 2 is 2.25 bits per heavy atom. The summed E-state index contributed by atoms with van der Waals surface area (Å²) in [4.78, 5) is 0. The molecule has 1 unspecified atom stereocenters. The van der Waals surface area contributed by atoms with Crippen LogP contribution in [0.15, 0.2) is 11.0 Å². The average molecular weight is 132 g/mol. The van der Waals surface area contributed by atoms with Crippen molar-refractivity contribution in [1.29, 1.82) is 0 Å². The van der Waals surface area contributed by atoms with E-state index in [1.165, 1.54) is 5.57 Å². The molecule has 0 aromatic rings. The van der Waals surface area contributed by atoms with Crippen molar-refractivity contribution in [3.8, 4) is 0 Å². The van der Waals surface area contributed by atoms with Gasteiger partial charge in [0.25, 0.3) is 0 Å². The van der Waals surface area contributed by atoms with Crippen molar-refractivity contribution in [3.63, 3.8) is 0 Å². The molecule has 0 rings (SSSR count).